The lowest BCUT2D eigenvalue weighted by Gasteiger charge is -2.19. The molecule has 154 valence electrons. The molecule has 0 aliphatic heterocycles. The number of hydrogen-bond donors (Lipinski definition) is 0. The number of thiophene rings is 1. The van der Waals surface area contributed by atoms with Gasteiger partial charge >= 0.3 is 6.18 Å². The zero-order valence-electron chi connectivity index (χ0n) is 16.3. The Morgan fingerprint density at radius 3 is 2.86 bits per heavy atom. The predicted octanol–water partition coefficient (Wildman–Crippen LogP) is 6.46. The molecule has 0 N–H and O–H groups in total. The van der Waals surface area contributed by atoms with Crippen molar-refractivity contribution in [2.45, 2.75) is 56.7 Å². The minimum Gasteiger partial charge on any atom is -0.302 e. The SMILES string of the molecule is CCn1c(SCc2cccc(C(F)(F)F)c2)nnc1-c1csc2c1CCC(C)C2. The van der Waals surface area contributed by atoms with Gasteiger partial charge < -0.3 is 4.57 Å². The minimum atomic E-state index is -4.33. The second-order valence-electron chi connectivity index (χ2n) is 7.44. The molecule has 0 fully saturated rings. The fourth-order valence-electron chi connectivity index (χ4n) is 3.73. The summed E-state index contributed by atoms with van der Waals surface area (Å²) < 4.78 is 40.9. The number of halogens is 3. The van der Waals surface area contributed by atoms with E-state index in [-0.39, 0.29) is 0 Å². The van der Waals surface area contributed by atoms with Crippen molar-refractivity contribution in [2.75, 3.05) is 0 Å². The van der Waals surface area contributed by atoms with E-state index in [1.54, 1.807) is 17.4 Å². The maximum absolute atomic E-state index is 12.9. The summed E-state index contributed by atoms with van der Waals surface area (Å²) in [5.74, 6) is 2.00. The van der Waals surface area contributed by atoms with Crippen LogP contribution in [-0.4, -0.2) is 14.8 Å². The molecule has 3 aromatic rings. The quantitative estimate of drug-likeness (QED) is 0.429. The van der Waals surface area contributed by atoms with Gasteiger partial charge in [-0.3, -0.25) is 0 Å². The number of benzene rings is 1. The van der Waals surface area contributed by atoms with E-state index in [0.29, 0.717) is 17.9 Å². The van der Waals surface area contributed by atoms with Gasteiger partial charge in [-0.25, -0.2) is 0 Å². The Kier molecular flexibility index (Phi) is 5.75. The van der Waals surface area contributed by atoms with E-state index in [2.05, 4.69) is 27.1 Å². The molecule has 8 heteroatoms. The summed E-state index contributed by atoms with van der Waals surface area (Å²) >= 11 is 3.22. The predicted molar refractivity (Wildman–Crippen MR) is 111 cm³/mol. The molecule has 0 radical (unpaired) electrons. The summed E-state index contributed by atoms with van der Waals surface area (Å²) in [7, 11) is 0. The first kappa shape index (κ1) is 20.5. The molecule has 0 bridgehead atoms. The van der Waals surface area contributed by atoms with Crippen LogP contribution in [-0.2, 0) is 31.3 Å². The number of rotatable bonds is 5. The van der Waals surface area contributed by atoms with E-state index < -0.39 is 11.7 Å². The molecule has 1 aromatic carbocycles. The van der Waals surface area contributed by atoms with Gasteiger partial charge in [0.15, 0.2) is 11.0 Å². The normalized spacial score (nSPS) is 16.8. The average molecular weight is 438 g/mol. The van der Waals surface area contributed by atoms with Gasteiger partial charge in [-0.1, -0.05) is 36.9 Å². The van der Waals surface area contributed by atoms with Crippen LogP contribution in [0.3, 0.4) is 0 Å². The van der Waals surface area contributed by atoms with Crippen molar-refractivity contribution < 1.29 is 13.2 Å². The highest BCUT2D eigenvalue weighted by Gasteiger charge is 2.30. The number of aromatic nitrogens is 3. The Balaban J connectivity index is 1.56. The molecule has 29 heavy (non-hydrogen) atoms. The molecule has 1 unspecified atom stereocenters. The number of nitrogens with zero attached hydrogens (tertiary/aromatic N) is 3. The van der Waals surface area contributed by atoms with Crippen molar-refractivity contribution in [3.05, 3.63) is 51.2 Å². The van der Waals surface area contributed by atoms with Crippen molar-refractivity contribution in [2.24, 2.45) is 5.92 Å². The highest BCUT2D eigenvalue weighted by molar-refractivity contribution is 7.98. The zero-order valence-corrected chi connectivity index (χ0v) is 17.9. The third-order valence-corrected chi connectivity index (χ3v) is 7.39. The molecular weight excluding hydrogens is 415 g/mol. The van der Waals surface area contributed by atoms with Gasteiger partial charge in [0.1, 0.15) is 0 Å². The molecule has 4 rings (SSSR count). The summed E-state index contributed by atoms with van der Waals surface area (Å²) in [6.45, 7) is 5.05. The first-order valence-corrected chi connectivity index (χ1v) is 11.5. The van der Waals surface area contributed by atoms with E-state index in [4.69, 9.17) is 0 Å². The number of fused-ring (bicyclic) bond motifs is 1. The third-order valence-electron chi connectivity index (χ3n) is 5.30. The fraction of sp³-hybridized carbons (Fsp3) is 0.429. The molecular formula is C21H22F3N3S2. The molecule has 2 aromatic heterocycles. The summed E-state index contributed by atoms with van der Waals surface area (Å²) in [5, 5.41) is 11.7. The summed E-state index contributed by atoms with van der Waals surface area (Å²) in [6.07, 6.45) is -0.947. The van der Waals surface area contributed by atoms with Gasteiger partial charge in [-0.15, -0.1) is 21.5 Å². The summed E-state index contributed by atoms with van der Waals surface area (Å²) in [4.78, 5) is 1.45. The largest absolute Gasteiger partial charge is 0.416 e. The molecule has 3 nitrogen and oxygen atoms in total. The summed E-state index contributed by atoms with van der Waals surface area (Å²) in [6, 6.07) is 5.47. The lowest BCUT2D eigenvalue weighted by Crippen LogP contribution is -2.10. The highest BCUT2D eigenvalue weighted by atomic mass is 32.2. The maximum atomic E-state index is 12.9. The smallest absolute Gasteiger partial charge is 0.302 e. The summed E-state index contributed by atoms with van der Waals surface area (Å²) in [5.41, 5.74) is 2.56. The first-order valence-electron chi connectivity index (χ1n) is 9.68. The van der Waals surface area contributed by atoms with Gasteiger partial charge in [0.25, 0.3) is 0 Å². The second kappa shape index (κ2) is 8.14. The van der Waals surface area contributed by atoms with E-state index in [9.17, 15) is 13.2 Å². The van der Waals surface area contributed by atoms with E-state index >= 15 is 0 Å². The standard InChI is InChI=1S/C21H22F3N3S2/c1-3-27-19(17-12-28-18-9-13(2)7-8-16(17)18)25-26-20(27)29-11-14-5-4-6-15(10-14)21(22,23)24/h4-6,10,12-13H,3,7-9,11H2,1-2H3. The van der Waals surface area contributed by atoms with Crippen LogP contribution in [0, 0.1) is 5.92 Å². The van der Waals surface area contributed by atoms with Crippen LogP contribution in [0.25, 0.3) is 11.4 Å². The van der Waals surface area contributed by atoms with E-state index in [1.165, 1.54) is 40.8 Å². The molecule has 0 amide bonds. The maximum Gasteiger partial charge on any atom is 0.416 e. The van der Waals surface area contributed by atoms with Gasteiger partial charge in [-0.05, 0) is 49.3 Å². The van der Waals surface area contributed by atoms with Gasteiger partial charge in [0.05, 0.1) is 5.56 Å². The monoisotopic (exact) mass is 437 g/mol. The van der Waals surface area contributed by atoms with Crippen LogP contribution in [0.15, 0.2) is 34.8 Å². The van der Waals surface area contributed by atoms with Crippen molar-refractivity contribution in [1.29, 1.82) is 0 Å². The van der Waals surface area contributed by atoms with Crippen molar-refractivity contribution in [1.82, 2.24) is 14.8 Å². The van der Waals surface area contributed by atoms with Crippen LogP contribution < -0.4 is 0 Å². The van der Waals surface area contributed by atoms with Gasteiger partial charge in [0, 0.05) is 28.1 Å². The molecule has 0 saturated carbocycles. The molecule has 1 aliphatic carbocycles. The third kappa shape index (κ3) is 4.23. The minimum absolute atomic E-state index is 0.418. The molecule has 1 atom stereocenters. The van der Waals surface area contributed by atoms with Crippen molar-refractivity contribution in [3.63, 3.8) is 0 Å². The first-order chi connectivity index (χ1) is 13.9. The Morgan fingerprint density at radius 2 is 2.10 bits per heavy atom. The Bertz CT molecular complexity index is 1010. The Hall–Kier alpha value is -1.80. The van der Waals surface area contributed by atoms with E-state index in [0.717, 1.165) is 41.4 Å². The van der Waals surface area contributed by atoms with Crippen LogP contribution in [0.1, 0.15) is 41.8 Å². The zero-order chi connectivity index (χ0) is 20.6. The van der Waals surface area contributed by atoms with Crippen LogP contribution >= 0.6 is 23.1 Å². The van der Waals surface area contributed by atoms with Crippen LogP contribution in [0.2, 0.25) is 0 Å². The van der Waals surface area contributed by atoms with E-state index in [1.807, 2.05) is 6.92 Å². The van der Waals surface area contributed by atoms with Crippen LogP contribution in [0.5, 0.6) is 0 Å². The molecule has 2 heterocycles. The van der Waals surface area contributed by atoms with Gasteiger partial charge in [0.2, 0.25) is 0 Å². The molecule has 0 spiro atoms. The average Bonchev–Trinajstić information content (AvgIpc) is 3.28. The highest BCUT2D eigenvalue weighted by Crippen LogP contribution is 2.38. The lowest BCUT2D eigenvalue weighted by molar-refractivity contribution is -0.137. The Morgan fingerprint density at radius 1 is 1.28 bits per heavy atom. The number of alkyl halides is 3. The van der Waals surface area contributed by atoms with Gasteiger partial charge in [-0.2, -0.15) is 13.2 Å². The molecule has 0 saturated heterocycles. The van der Waals surface area contributed by atoms with Crippen molar-refractivity contribution in [3.8, 4) is 11.4 Å². The topological polar surface area (TPSA) is 30.7 Å². The number of thioether (sulfide) groups is 1. The lowest BCUT2D eigenvalue weighted by atomic mass is 9.88. The second-order valence-corrected chi connectivity index (χ2v) is 9.34. The van der Waals surface area contributed by atoms with Crippen molar-refractivity contribution >= 4 is 23.1 Å². The van der Waals surface area contributed by atoms with Crippen LogP contribution in [0.4, 0.5) is 13.2 Å². The Labute approximate surface area is 176 Å². The number of hydrogen-bond acceptors (Lipinski definition) is 4. The molecule has 1 aliphatic rings. The fourth-order valence-corrected chi connectivity index (χ4v) is 5.92.